The summed E-state index contributed by atoms with van der Waals surface area (Å²) in [5.41, 5.74) is 1.29. The molecule has 146 valence electrons. The van der Waals surface area contributed by atoms with Gasteiger partial charge in [0.1, 0.15) is 5.69 Å². The Labute approximate surface area is 167 Å². The first-order valence-electron chi connectivity index (χ1n) is 8.74. The zero-order valence-electron chi connectivity index (χ0n) is 15.7. The number of amides is 1. The molecular weight excluding hydrogens is 380 g/mol. The molecule has 0 radical (unpaired) electrons. The topological polar surface area (TPSA) is 77.6 Å². The highest BCUT2D eigenvalue weighted by Gasteiger charge is 2.18. The first-order chi connectivity index (χ1) is 13.5. The molecule has 0 saturated carbocycles. The van der Waals surface area contributed by atoms with Gasteiger partial charge in [0.15, 0.2) is 0 Å². The van der Waals surface area contributed by atoms with E-state index in [4.69, 9.17) is 16.3 Å². The first kappa shape index (κ1) is 19.9. The third-order valence-electron chi connectivity index (χ3n) is 4.21. The molecule has 0 aliphatic carbocycles. The molecule has 7 nitrogen and oxygen atoms in total. The van der Waals surface area contributed by atoms with Gasteiger partial charge in [0.25, 0.3) is 11.5 Å². The standard InChI is InChI=1S/C20H21ClN4O3/c1-4-9-25-17(14-7-5-6-8-15(14)21)11-24-10-16(23-18(24)20(25)27)19(26)22-13(2)12-28-3/h4-8,10-11,13H,1,9,12H2,2-3H3,(H,22,26)/t13-/m1/s1. The summed E-state index contributed by atoms with van der Waals surface area (Å²) in [6.07, 6.45) is 4.90. The van der Waals surface area contributed by atoms with E-state index in [0.29, 0.717) is 22.9 Å². The van der Waals surface area contributed by atoms with Crippen LogP contribution in [0.25, 0.3) is 16.9 Å². The Morgan fingerprint density at radius 1 is 1.39 bits per heavy atom. The summed E-state index contributed by atoms with van der Waals surface area (Å²) in [4.78, 5) is 29.7. The number of fused-ring (bicyclic) bond motifs is 1. The number of allylic oxidation sites excluding steroid dienone is 1. The van der Waals surface area contributed by atoms with E-state index in [0.717, 1.165) is 0 Å². The second-order valence-electron chi connectivity index (χ2n) is 6.39. The number of nitrogens with zero attached hydrogens (tertiary/aromatic N) is 3. The van der Waals surface area contributed by atoms with E-state index in [2.05, 4.69) is 16.9 Å². The number of hydrogen-bond acceptors (Lipinski definition) is 4. The highest BCUT2D eigenvalue weighted by molar-refractivity contribution is 6.33. The fraction of sp³-hybridized carbons (Fsp3) is 0.250. The van der Waals surface area contributed by atoms with Gasteiger partial charge >= 0.3 is 0 Å². The molecule has 3 aromatic rings. The average Bonchev–Trinajstić information content (AvgIpc) is 3.09. The predicted molar refractivity (Wildman–Crippen MR) is 109 cm³/mol. The van der Waals surface area contributed by atoms with Crippen LogP contribution in [0.5, 0.6) is 0 Å². The highest BCUT2D eigenvalue weighted by atomic mass is 35.5. The van der Waals surface area contributed by atoms with Crippen LogP contribution in [-0.2, 0) is 11.3 Å². The van der Waals surface area contributed by atoms with Crippen molar-refractivity contribution in [1.29, 1.82) is 0 Å². The second-order valence-corrected chi connectivity index (χ2v) is 6.79. The summed E-state index contributed by atoms with van der Waals surface area (Å²) in [5.74, 6) is -0.373. The Hall–Kier alpha value is -2.90. The monoisotopic (exact) mass is 400 g/mol. The number of rotatable bonds is 7. The molecule has 0 fully saturated rings. The summed E-state index contributed by atoms with van der Waals surface area (Å²) in [6.45, 7) is 6.21. The number of halogens is 1. The van der Waals surface area contributed by atoms with Crippen molar-refractivity contribution in [1.82, 2.24) is 19.3 Å². The van der Waals surface area contributed by atoms with Crippen molar-refractivity contribution in [3.8, 4) is 11.3 Å². The van der Waals surface area contributed by atoms with Crippen LogP contribution in [0, 0.1) is 0 Å². The molecule has 0 spiro atoms. The molecular formula is C20H21ClN4O3. The summed E-state index contributed by atoms with van der Waals surface area (Å²) in [7, 11) is 1.56. The van der Waals surface area contributed by atoms with Gasteiger partial charge < -0.3 is 10.1 Å². The van der Waals surface area contributed by atoms with Crippen LogP contribution < -0.4 is 10.9 Å². The quantitative estimate of drug-likeness (QED) is 0.618. The molecule has 1 N–H and O–H groups in total. The van der Waals surface area contributed by atoms with Crippen LogP contribution in [-0.4, -0.2) is 39.6 Å². The second kappa shape index (κ2) is 8.41. The number of benzene rings is 1. The lowest BCUT2D eigenvalue weighted by molar-refractivity contribution is 0.0901. The minimum absolute atomic E-state index is 0.154. The minimum Gasteiger partial charge on any atom is -0.383 e. The Morgan fingerprint density at radius 2 is 2.14 bits per heavy atom. The maximum absolute atomic E-state index is 13.0. The van der Waals surface area contributed by atoms with E-state index in [1.54, 1.807) is 29.8 Å². The fourth-order valence-electron chi connectivity index (χ4n) is 2.97. The van der Waals surface area contributed by atoms with Gasteiger partial charge in [0.2, 0.25) is 5.65 Å². The van der Waals surface area contributed by atoms with Gasteiger partial charge in [-0.1, -0.05) is 35.9 Å². The number of ether oxygens (including phenoxy) is 1. The van der Waals surface area contributed by atoms with E-state index in [1.165, 1.54) is 10.8 Å². The Bertz CT molecular complexity index is 1090. The number of carbonyl (C=O) groups excluding carboxylic acids is 1. The Balaban J connectivity index is 2.12. The van der Waals surface area contributed by atoms with Crippen molar-refractivity contribution in [2.24, 2.45) is 0 Å². The van der Waals surface area contributed by atoms with Gasteiger partial charge in [-0.2, -0.15) is 0 Å². The van der Waals surface area contributed by atoms with E-state index in [1.807, 2.05) is 25.1 Å². The largest absolute Gasteiger partial charge is 0.383 e. The Kier molecular flexibility index (Phi) is 5.96. The lowest BCUT2D eigenvalue weighted by atomic mass is 10.1. The molecule has 1 amide bonds. The van der Waals surface area contributed by atoms with Crippen molar-refractivity contribution in [2.45, 2.75) is 19.5 Å². The molecule has 2 aromatic heterocycles. The molecule has 0 bridgehead atoms. The number of methoxy groups -OCH3 is 1. The van der Waals surface area contributed by atoms with Crippen molar-refractivity contribution < 1.29 is 9.53 Å². The van der Waals surface area contributed by atoms with Gasteiger partial charge in [-0.3, -0.25) is 18.6 Å². The van der Waals surface area contributed by atoms with Gasteiger partial charge in [-0.15, -0.1) is 6.58 Å². The summed E-state index contributed by atoms with van der Waals surface area (Å²) < 4.78 is 8.11. The van der Waals surface area contributed by atoms with Crippen LogP contribution >= 0.6 is 11.6 Å². The lowest BCUT2D eigenvalue weighted by Gasteiger charge is -2.13. The molecule has 3 rings (SSSR count). The number of nitrogens with one attached hydrogen (secondary N) is 1. The van der Waals surface area contributed by atoms with E-state index < -0.39 is 0 Å². The number of aromatic nitrogens is 3. The van der Waals surface area contributed by atoms with Gasteiger partial charge in [-0.05, 0) is 13.0 Å². The van der Waals surface area contributed by atoms with Gasteiger partial charge in [0, 0.05) is 42.7 Å². The smallest absolute Gasteiger partial charge is 0.295 e. The van der Waals surface area contributed by atoms with Crippen LogP contribution in [0.15, 0.2) is 54.1 Å². The summed E-state index contributed by atoms with van der Waals surface area (Å²) in [6, 6.07) is 7.07. The summed E-state index contributed by atoms with van der Waals surface area (Å²) >= 11 is 6.34. The van der Waals surface area contributed by atoms with Crippen molar-refractivity contribution in [2.75, 3.05) is 13.7 Å². The minimum atomic E-state index is -0.373. The van der Waals surface area contributed by atoms with Crippen molar-refractivity contribution in [3.63, 3.8) is 0 Å². The zero-order chi connectivity index (χ0) is 20.3. The SMILES string of the molecule is C=CCn1c(-c2ccccc2Cl)cn2cc(C(=O)N[C@H](C)COC)nc2c1=O. The molecule has 0 aliphatic heterocycles. The van der Waals surface area contributed by atoms with E-state index in [-0.39, 0.29) is 35.4 Å². The van der Waals surface area contributed by atoms with E-state index in [9.17, 15) is 9.59 Å². The highest BCUT2D eigenvalue weighted by Crippen LogP contribution is 2.27. The number of carbonyl (C=O) groups is 1. The van der Waals surface area contributed by atoms with Gasteiger partial charge in [-0.25, -0.2) is 4.98 Å². The van der Waals surface area contributed by atoms with Crippen LogP contribution in [0.1, 0.15) is 17.4 Å². The number of hydrogen-bond donors (Lipinski definition) is 1. The number of imidazole rings is 1. The van der Waals surface area contributed by atoms with Crippen LogP contribution in [0.3, 0.4) is 0 Å². The maximum atomic E-state index is 13.0. The predicted octanol–water partition coefficient (Wildman–Crippen LogP) is 2.77. The molecule has 2 heterocycles. The maximum Gasteiger partial charge on any atom is 0.295 e. The summed E-state index contributed by atoms with van der Waals surface area (Å²) in [5, 5.41) is 3.31. The Morgan fingerprint density at radius 3 is 2.82 bits per heavy atom. The van der Waals surface area contributed by atoms with Gasteiger partial charge in [0.05, 0.1) is 12.3 Å². The normalized spacial score (nSPS) is 12.1. The van der Waals surface area contributed by atoms with Crippen LogP contribution in [0.4, 0.5) is 0 Å². The fourth-order valence-corrected chi connectivity index (χ4v) is 3.21. The molecule has 0 aliphatic rings. The molecule has 0 saturated heterocycles. The van der Waals surface area contributed by atoms with Crippen molar-refractivity contribution >= 4 is 23.2 Å². The average molecular weight is 401 g/mol. The molecule has 28 heavy (non-hydrogen) atoms. The van der Waals surface area contributed by atoms with Crippen LogP contribution in [0.2, 0.25) is 5.02 Å². The molecule has 0 unspecified atom stereocenters. The molecule has 1 atom stereocenters. The lowest BCUT2D eigenvalue weighted by Crippen LogP contribution is -2.35. The van der Waals surface area contributed by atoms with E-state index >= 15 is 0 Å². The first-order valence-corrected chi connectivity index (χ1v) is 9.12. The zero-order valence-corrected chi connectivity index (χ0v) is 16.4. The third kappa shape index (κ3) is 3.85. The molecule has 1 aromatic carbocycles. The molecule has 8 heteroatoms. The third-order valence-corrected chi connectivity index (χ3v) is 4.54. The van der Waals surface area contributed by atoms with Crippen molar-refractivity contribution in [3.05, 3.63) is 70.4 Å².